The van der Waals surface area contributed by atoms with Crippen LogP contribution in [0, 0.1) is 0 Å². The number of amides is 2. The predicted octanol–water partition coefficient (Wildman–Crippen LogP) is 4.23. The largest absolute Gasteiger partial charge is 0.504 e. The summed E-state index contributed by atoms with van der Waals surface area (Å²) in [6, 6.07) is 14.2. The monoisotopic (exact) mass is 459 g/mol. The molecular formula is C24H21N5O5. The molecule has 0 atom stereocenters. The van der Waals surface area contributed by atoms with E-state index < -0.39 is 12.0 Å². The zero-order valence-corrected chi connectivity index (χ0v) is 18.4. The van der Waals surface area contributed by atoms with E-state index in [0.29, 0.717) is 33.9 Å². The molecule has 0 aliphatic rings. The third-order valence-electron chi connectivity index (χ3n) is 4.78. The number of urea groups is 1. The smallest absolute Gasteiger partial charge is 0.338 e. The van der Waals surface area contributed by atoms with Crippen LogP contribution in [0.15, 0.2) is 60.8 Å². The summed E-state index contributed by atoms with van der Waals surface area (Å²) < 4.78 is 10.1. The highest BCUT2D eigenvalue weighted by Gasteiger charge is 2.11. The van der Waals surface area contributed by atoms with E-state index in [9.17, 15) is 14.7 Å². The number of pyridine rings is 1. The number of nitrogens with zero attached hydrogens (tertiary/aromatic N) is 3. The van der Waals surface area contributed by atoms with Gasteiger partial charge >= 0.3 is 12.0 Å². The minimum absolute atomic E-state index is 0.0276. The highest BCUT2D eigenvalue weighted by atomic mass is 16.5. The number of methoxy groups -OCH3 is 1. The molecule has 0 radical (unpaired) electrons. The molecule has 2 amide bonds. The lowest BCUT2D eigenvalue weighted by Gasteiger charge is -2.09. The summed E-state index contributed by atoms with van der Waals surface area (Å²) in [6.07, 6.45) is 1.43. The number of ether oxygens (including phenoxy) is 2. The van der Waals surface area contributed by atoms with Gasteiger partial charge in [-0.2, -0.15) is 0 Å². The number of benzene rings is 2. The zero-order chi connectivity index (χ0) is 24.1. The average molecular weight is 459 g/mol. The molecule has 0 saturated carbocycles. The molecule has 2 heterocycles. The summed E-state index contributed by atoms with van der Waals surface area (Å²) in [5.41, 5.74) is 3.09. The Kier molecular flexibility index (Phi) is 6.49. The summed E-state index contributed by atoms with van der Waals surface area (Å²) >= 11 is 0. The SMILES string of the molecule is CCOC(=O)c1ccc(NC(=O)Nc2cnc3ccc(-c4ccc(O)c(OC)c4)nc3n2)cc1. The van der Waals surface area contributed by atoms with Gasteiger partial charge in [0.2, 0.25) is 0 Å². The van der Waals surface area contributed by atoms with Gasteiger partial charge in [0.25, 0.3) is 0 Å². The number of hydrogen-bond acceptors (Lipinski definition) is 8. The Hall–Kier alpha value is -4.73. The number of anilines is 2. The fraction of sp³-hybridized carbons (Fsp3) is 0.125. The van der Waals surface area contributed by atoms with E-state index in [1.807, 2.05) is 0 Å². The van der Waals surface area contributed by atoms with Gasteiger partial charge in [-0.3, -0.25) is 5.32 Å². The van der Waals surface area contributed by atoms with E-state index in [1.165, 1.54) is 19.4 Å². The van der Waals surface area contributed by atoms with Crippen molar-refractivity contribution >= 4 is 34.7 Å². The van der Waals surface area contributed by atoms with Crippen LogP contribution in [-0.2, 0) is 4.74 Å². The fourth-order valence-electron chi connectivity index (χ4n) is 3.14. The second-order valence-electron chi connectivity index (χ2n) is 7.06. The topological polar surface area (TPSA) is 136 Å². The van der Waals surface area contributed by atoms with Gasteiger partial charge in [-0.05, 0) is 61.5 Å². The molecule has 10 nitrogen and oxygen atoms in total. The van der Waals surface area contributed by atoms with Gasteiger partial charge in [-0.15, -0.1) is 0 Å². The first-order valence-corrected chi connectivity index (χ1v) is 10.3. The average Bonchev–Trinajstić information content (AvgIpc) is 2.84. The first-order chi connectivity index (χ1) is 16.5. The van der Waals surface area contributed by atoms with Crippen molar-refractivity contribution in [3.8, 4) is 22.8 Å². The number of aromatic hydroxyl groups is 1. The Morgan fingerprint density at radius 3 is 2.53 bits per heavy atom. The van der Waals surface area contributed by atoms with Crippen LogP contribution in [0.1, 0.15) is 17.3 Å². The van der Waals surface area contributed by atoms with Crippen molar-refractivity contribution in [1.82, 2.24) is 15.0 Å². The molecule has 2 aromatic heterocycles. The molecule has 0 fully saturated rings. The molecule has 34 heavy (non-hydrogen) atoms. The summed E-state index contributed by atoms with van der Waals surface area (Å²) in [4.78, 5) is 37.3. The van der Waals surface area contributed by atoms with Crippen molar-refractivity contribution in [3.63, 3.8) is 0 Å². The van der Waals surface area contributed by atoms with Crippen molar-refractivity contribution in [1.29, 1.82) is 0 Å². The van der Waals surface area contributed by atoms with Crippen LogP contribution in [0.5, 0.6) is 11.5 Å². The predicted molar refractivity (Wildman–Crippen MR) is 126 cm³/mol. The number of esters is 1. The Morgan fingerprint density at radius 2 is 1.79 bits per heavy atom. The summed E-state index contributed by atoms with van der Waals surface area (Å²) in [5, 5.41) is 15.1. The third-order valence-corrected chi connectivity index (χ3v) is 4.78. The standard InChI is InChI=1S/C24H21N5O5/c1-3-34-23(31)14-4-7-16(8-5-14)26-24(32)29-21-13-25-18-10-9-17(27-22(18)28-21)15-6-11-19(30)20(12-15)33-2/h4-13,30H,3H2,1-2H3,(H2,26,27,28,29,32). The second-order valence-corrected chi connectivity index (χ2v) is 7.06. The van der Waals surface area contributed by atoms with Gasteiger partial charge in [-0.25, -0.2) is 24.5 Å². The van der Waals surface area contributed by atoms with Crippen molar-refractivity contribution in [2.45, 2.75) is 6.92 Å². The number of nitrogens with one attached hydrogen (secondary N) is 2. The van der Waals surface area contributed by atoms with Crippen LogP contribution in [0.2, 0.25) is 0 Å². The molecule has 0 aliphatic heterocycles. The molecule has 3 N–H and O–H groups in total. The number of fused-ring (bicyclic) bond motifs is 1. The molecule has 0 unspecified atom stereocenters. The number of carbonyl (C=O) groups is 2. The summed E-state index contributed by atoms with van der Waals surface area (Å²) in [7, 11) is 1.47. The molecule has 0 spiro atoms. The van der Waals surface area contributed by atoms with Crippen LogP contribution < -0.4 is 15.4 Å². The molecule has 0 saturated heterocycles. The number of phenolic OH excluding ortho intramolecular Hbond substituents is 1. The van der Waals surface area contributed by atoms with Crippen molar-refractivity contribution in [3.05, 3.63) is 66.4 Å². The lowest BCUT2D eigenvalue weighted by atomic mass is 10.1. The molecular weight excluding hydrogens is 438 g/mol. The minimum atomic E-state index is -0.531. The highest BCUT2D eigenvalue weighted by Crippen LogP contribution is 2.31. The normalized spacial score (nSPS) is 10.5. The molecule has 4 aromatic rings. The number of aromatic nitrogens is 3. The molecule has 0 aliphatic carbocycles. The Morgan fingerprint density at radius 1 is 1.00 bits per heavy atom. The maximum absolute atomic E-state index is 12.4. The zero-order valence-electron chi connectivity index (χ0n) is 18.4. The van der Waals surface area contributed by atoms with Crippen molar-refractivity contribution in [2.75, 3.05) is 24.4 Å². The number of rotatable bonds is 6. The number of carbonyl (C=O) groups excluding carboxylic acids is 2. The van der Waals surface area contributed by atoms with Gasteiger partial charge < -0.3 is 19.9 Å². The Bertz CT molecular complexity index is 1360. The Labute approximate surface area is 194 Å². The van der Waals surface area contributed by atoms with E-state index in [1.54, 1.807) is 55.5 Å². The van der Waals surface area contributed by atoms with Crippen molar-refractivity contribution < 1.29 is 24.2 Å². The van der Waals surface area contributed by atoms with Crippen LogP contribution in [-0.4, -0.2) is 45.8 Å². The van der Waals surface area contributed by atoms with Gasteiger partial charge in [0.15, 0.2) is 23.0 Å². The van der Waals surface area contributed by atoms with Gasteiger partial charge in [0, 0.05) is 11.3 Å². The van der Waals surface area contributed by atoms with Gasteiger partial charge in [0.05, 0.1) is 31.2 Å². The molecule has 10 heteroatoms. The first-order valence-electron chi connectivity index (χ1n) is 10.3. The van der Waals surface area contributed by atoms with Crippen LogP contribution in [0.3, 0.4) is 0 Å². The third kappa shape index (κ3) is 5.01. The lowest BCUT2D eigenvalue weighted by molar-refractivity contribution is 0.0526. The van der Waals surface area contributed by atoms with E-state index in [2.05, 4.69) is 25.6 Å². The van der Waals surface area contributed by atoms with Crippen molar-refractivity contribution in [2.24, 2.45) is 0 Å². The van der Waals surface area contributed by atoms with E-state index >= 15 is 0 Å². The molecule has 2 aromatic carbocycles. The minimum Gasteiger partial charge on any atom is -0.504 e. The van der Waals surface area contributed by atoms with Gasteiger partial charge in [0.1, 0.15) is 5.52 Å². The molecule has 4 rings (SSSR count). The summed E-state index contributed by atoms with van der Waals surface area (Å²) in [5.74, 6) is 0.136. The number of phenols is 1. The van der Waals surface area contributed by atoms with E-state index in [4.69, 9.17) is 9.47 Å². The first kappa shape index (κ1) is 22.5. The fourth-order valence-corrected chi connectivity index (χ4v) is 3.14. The second kappa shape index (κ2) is 9.82. The molecule has 0 bridgehead atoms. The summed E-state index contributed by atoms with van der Waals surface area (Å²) in [6.45, 7) is 2.02. The maximum Gasteiger partial charge on any atom is 0.338 e. The highest BCUT2D eigenvalue weighted by molar-refractivity contribution is 6.00. The quantitative estimate of drug-likeness (QED) is 0.365. The maximum atomic E-state index is 12.4. The lowest BCUT2D eigenvalue weighted by Crippen LogP contribution is -2.20. The van der Waals surface area contributed by atoms with Crippen LogP contribution in [0.4, 0.5) is 16.3 Å². The number of hydrogen-bond donors (Lipinski definition) is 3. The van der Waals surface area contributed by atoms with E-state index in [-0.39, 0.29) is 18.2 Å². The molecule has 172 valence electrons. The van der Waals surface area contributed by atoms with Gasteiger partial charge in [-0.1, -0.05) is 0 Å². The Balaban J connectivity index is 1.49. The van der Waals surface area contributed by atoms with E-state index in [0.717, 1.165) is 5.56 Å². The van der Waals surface area contributed by atoms with Crippen LogP contribution in [0.25, 0.3) is 22.4 Å². The van der Waals surface area contributed by atoms with Crippen LogP contribution >= 0.6 is 0 Å².